The zero-order valence-corrected chi connectivity index (χ0v) is 9.30. The van der Waals surface area contributed by atoms with Crippen molar-refractivity contribution in [1.82, 2.24) is 0 Å². The molecule has 0 aromatic carbocycles. The Bertz CT molecular complexity index is 341. The van der Waals surface area contributed by atoms with Crippen LogP contribution in [0.3, 0.4) is 0 Å². The zero-order valence-electron chi connectivity index (χ0n) is 8.48. The maximum atomic E-state index is 10.5. The van der Waals surface area contributed by atoms with E-state index in [0.29, 0.717) is 0 Å². The largest absolute Gasteiger partial charge is 0.324 e. The van der Waals surface area contributed by atoms with Crippen molar-refractivity contribution in [2.45, 2.75) is 26.8 Å². The van der Waals surface area contributed by atoms with E-state index < -0.39 is 0 Å². The first kappa shape index (κ1) is 11.1. The van der Waals surface area contributed by atoms with Crippen LogP contribution in [0.15, 0.2) is 11.4 Å². The van der Waals surface area contributed by atoms with E-state index in [1.54, 1.807) is 11.4 Å². The van der Waals surface area contributed by atoms with Gasteiger partial charge in [0, 0.05) is 17.5 Å². The first-order valence-corrected chi connectivity index (χ1v) is 5.18. The minimum atomic E-state index is -0.385. The van der Waals surface area contributed by atoms with E-state index in [0.717, 1.165) is 16.9 Å². The zero-order chi connectivity index (χ0) is 10.9. The van der Waals surface area contributed by atoms with Crippen molar-refractivity contribution in [1.29, 1.82) is 0 Å². The Morgan fingerprint density at radius 1 is 1.57 bits per heavy atom. The van der Waals surface area contributed by atoms with Crippen molar-refractivity contribution in [2.75, 3.05) is 0 Å². The van der Waals surface area contributed by atoms with Crippen molar-refractivity contribution < 1.29 is 4.92 Å². The minimum Gasteiger partial charge on any atom is -0.323 e. The van der Waals surface area contributed by atoms with Crippen LogP contribution in [-0.2, 0) is 0 Å². The van der Waals surface area contributed by atoms with Gasteiger partial charge in [-0.25, -0.2) is 0 Å². The number of nitro groups is 1. The first-order valence-electron chi connectivity index (χ1n) is 4.31. The molecule has 78 valence electrons. The van der Waals surface area contributed by atoms with Gasteiger partial charge < -0.3 is 5.73 Å². The van der Waals surface area contributed by atoms with Crippen molar-refractivity contribution >= 4 is 16.3 Å². The van der Waals surface area contributed by atoms with Crippen LogP contribution in [0.2, 0.25) is 0 Å². The fraction of sp³-hybridized carbons (Fsp3) is 0.556. The number of hydrogen-bond acceptors (Lipinski definition) is 4. The highest BCUT2D eigenvalue weighted by molar-refractivity contribution is 7.13. The van der Waals surface area contributed by atoms with Gasteiger partial charge in [0.15, 0.2) is 0 Å². The molecule has 1 aromatic rings. The number of rotatable bonds is 2. The summed E-state index contributed by atoms with van der Waals surface area (Å²) < 4.78 is 0. The summed E-state index contributed by atoms with van der Waals surface area (Å²) in [5.41, 5.74) is 6.74. The average Bonchev–Trinajstić information content (AvgIpc) is 2.48. The van der Waals surface area contributed by atoms with E-state index in [1.165, 1.54) is 0 Å². The predicted octanol–water partition coefficient (Wildman–Crippen LogP) is 2.70. The molecule has 0 amide bonds. The van der Waals surface area contributed by atoms with Gasteiger partial charge in [-0.1, -0.05) is 32.1 Å². The van der Waals surface area contributed by atoms with Crippen LogP contribution in [0.25, 0.3) is 0 Å². The SMILES string of the molecule is CC(C)(C)[C@@H](N)c1csc([N+](=O)[O-])c1. The van der Waals surface area contributed by atoms with Gasteiger partial charge >= 0.3 is 5.00 Å². The third kappa shape index (κ3) is 2.30. The highest BCUT2D eigenvalue weighted by atomic mass is 32.1. The Hall–Kier alpha value is -0.940. The van der Waals surface area contributed by atoms with Crippen molar-refractivity contribution in [3.05, 3.63) is 27.1 Å². The molecule has 14 heavy (non-hydrogen) atoms. The van der Waals surface area contributed by atoms with E-state index in [1.807, 2.05) is 20.8 Å². The van der Waals surface area contributed by atoms with Gasteiger partial charge in [-0.05, 0) is 11.0 Å². The number of hydrogen-bond donors (Lipinski definition) is 1. The molecule has 4 nitrogen and oxygen atoms in total. The van der Waals surface area contributed by atoms with E-state index in [9.17, 15) is 10.1 Å². The number of nitrogens with zero attached hydrogens (tertiary/aromatic N) is 1. The van der Waals surface area contributed by atoms with Crippen LogP contribution >= 0.6 is 11.3 Å². The van der Waals surface area contributed by atoms with Gasteiger partial charge in [-0.15, -0.1) is 0 Å². The molecule has 1 aromatic heterocycles. The predicted molar refractivity (Wildman–Crippen MR) is 57.4 cm³/mol. The van der Waals surface area contributed by atoms with Crippen molar-refractivity contribution in [2.24, 2.45) is 11.1 Å². The monoisotopic (exact) mass is 214 g/mol. The number of thiophene rings is 1. The molecule has 0 aliphatic heterocycles. The van der Waals surface area contributed by atoms with E-state index in [4.69, 9.17) is 5.73 Å². The van der Waals surface area contributed by atoms with E-state index >= 15 is 0 Å². The first-order chi connectivity index (χ1) is 6.32. The summed E-state index contributed by atoms with van der Waals surface area (Å²) in [5, 5.41) is 12.4. The van der Waals surface area contributed by atoms with Crippen LogP contribution < -0.4 is 5.73 Å². The average molecular weight is 214 g/mol. The van der Waals surface area contributed by atoms with Crippen LogP contribution in [-0.4, -0.2) is 4.92 Å². The molecule has 2 N–H and O–H groups in total. The van der Waals surface area contributed by atoms with Crippen LogP contribution in [0.4, 0.5) is 5.00 Å². The van der Waals surface area contributed by atoms with Gasteiger partial charge in [-0.2, -0.15) is 0 Å². The molecule has 0 radical (unpaired) electrons. The van der Waals surface area contributed by atoms with Gasteiger partial charge in [0.1, 0.15) is 0 Å². The highest BCUT2D eigenvalue weighted by Crippen LogP contribution is 2.34. The quantitative estimate of drug-likeness (QED) is 0.607. The lowest BCUT2D eigenvalue weighted by Gasteiger charge is -2.26. The second kappa shape index (κ2) is 3.67. The molecule has 0 aliphatic rings. The molecular weight excluding hydrogens is 200 g/mol. The fourth-order valence-electron chi connectivity index (χ4n) is 1.10. The van der Waals surface area contributed by atoms with Crippen molar-refractivity contribution in [3.8, 4) is 0 Å². The van der Waals surface area contributed by atoms with Crippen LogP contribution in [0.5, 0.6) is 0 Å². The number of nitrogens with two attached hydrogens (primary N) is 1. The molecule has 1 rings (SSSR count). The molecule has 0 saturated heterocycles. The Kier molecular flexibility index (Phi) is 2.92. The molecule has 0 bridgehead atoms. The summed E-state index contributed by atoms with van der Waals surface area (Å²) in [7, 11) is 0. The Morgan fingerprint density at radius 3 is 2.50 bits per heavy atom. The normalized spacial score (nSPS) is 14.0. The molecule has 0 aliphatic carbocycles. The lowest BCUT2D eigenvalue weighted by atomic mass is 9.84. The van der Waals surface area contributed by atoms with E-state index in [2.05, 4.69) is 0 Å². The fourth-order valence-corrected chi connectivity index (χ4v) is 1.86. The summed E-state index contributed by atoms with van der Waals surface area (Å²) in [4.78, 5) is 10.1. The standard InChI is InChI=1S/C9H14N2O2S/c1-9(2,3)8(10)6-4-7(11(12)13)14-5-6/h4-5,8H,10H2,1-3H3/t8-/m0/s1. The maximum Gasteiger partial charge on any atom is 0.324 e. The summed E-state index contributed by atoms with van der Waals surface area (Å²) in [5.74, 6) is 0. The molecule has 1 heterocycles. The molecule has 5 heteroatoms. The topological polar surface area (TPSA) is 69.2 Å². The lowest BCUT2D eigenvalue weighted by Crippen LogP contribution is -2.25. The van der Waals surface area contributed by atoms with Gasteiger partial charge in [0.2, 0.25) is 0 Å². The van der Waals surface area contributed by atoms with Gasteiger partial charge in [-0.3, -0.25) is 10.1 Å². The van der Waals surface area contributed by atoms with E-state index in [-0.39, 0.29) is 21.4 Å². The molecule has 0 unspecified atom stereocenters. The molecule has 1 atom stereocenters. The molecule has 0 spiro atoms. The van der Waals surface area contributed by atoms with Gasteiger partial charge in [0.25, 0.3) is 0 Å². The highest BCUT2D eigenvalue weighted by Gasteiger charge is 2.24. The minimum absolute atomic E-state index is 0.0745. The maximum absolute atomic E-state index is 10.5. The summed E-state index contributed by atoms with van der Waals surface area (Å²) in [6, 6.07) is 1.40. The second-order valence-corrected chi connectivity index (χ2v) is 5.21. The van der Waals surface area contributed by atoms with Crippen LogP contribution in [0, 0.1) is 15.5 Å². The molecule has 0 fully saturated rings. The second-order valence-electron chi connectivity index (χ2n) is 4.32. The van der Waals surface area contributed by atoms with Crippen molar-refractivity contribution in [3.63, 3.8) is 0 Å². The van der Waals surface area contributed by atoms with Crippen LogP contribution in [0.1, 0.15) is 32.4 Å². The summed E-state index contributed by atoms with van der Waals surface area (Å²) in [6.45, 7) is 6.05. The Balaban J connectivity index is 2.92. The Morgan fingerprint density at radius 2 is 2.14 bits per heavy atom. The third-order valence-corrected chi connectivity index (χ3v) is 2.98. The third-order valence-electron chi connectivity index (χ3n) is 2.08. The lowest BCUT2D eigenvalue weighted by molar-refractivity contribution is -0.380. The summed E-state index contributed by atoms with van der Waals surface area (Å²) in [6.07, 6.45) is 0. The smallest absolute Gasteiger partial charge is 0.323 e. The van der Waals surface area contributed by atoms with Gasteiger partial charge in [0.05, 0.1) is 4.92 Å². The molecular formula is C9H14N2O2S. The Labute approximate surface area is 86.9 Å². The molecule has 0 saturated carbocycles. The summed E-state index contributed by atoms with van der Waals surface area (Å²) >= 11 is 1.12.